The molecule has 9 heteroatoms. The molecule has 0 unspecified atom stereocenters. The van der Waals surface area contributed by atoms with Gasteiger partial charge in [-0.2, -0.15) is 0 Å². The molecule has 1 aromatic heterocycles. The summed E-state index contributed by atoms with van der Waals surface area (Å²) in [4.78, 5) is 17.0. The van der Waals surface area contributed by atoms with Crippen molar-refractivity contribution in [3.63, 3.8) is 0 Å². The summed E-state index contributed by atoms with van der Waals surface area (Å²) in [7, 11) is 0.535. The maximum absolute atomic E-state index is 12.5. The van der Waals surface area contributed by atoms with Crippen molar-refractivity contribution in [3.8, 4) is 5.75 Å². The van der Waals surface area contributed by atoms with Crippen LogP contribution in [0, 0.1) is 0 Å². The number of ether oxygens (including phenoxy) is 1. The molecule has 3 rings (SSSR count). The Hall–Kier alpha value is -2.49. The summed E-state index contributed by atoms with van der Waals surface area (Å²) in [5, 5.41) is 3.87. The molecule has 0 aliphatic rings. The zero-order chi connectivity index (χ0) is 21.0. The molecule has 0 fully saturated rings. The van der Waals surface area contributed by atoms with E-state index in [0.717, 1.165) is 32.4 Å². The summed E-state index contributed by atoms with van der Waals surface area (Å²) in [6, 6.07) is 12.4. The lowest BCUT2D eigenvalue weighted by molar-refractivity contribution is 0.0953. The minimum Gasteiger partial charge on any atom is -0.495 e. The highest BCUT2D eigenvalue weighted by Crippen LogP contribution is 2.27. The number of hydrogen-bond donors (Lipinski definition) is 1. The first-order valence-electron chi connectivity index (χ1n) is 9.06. The zero-order valence-electron chi connectivity index (χ0n) is 16.5. The van der Waals surface area contributed by atoms with Gasteiger partial charge >= 0.3 is 0 Å². The molecule has 1 amide bonds. The van der Waals surface area contributed by atoms with Gasteiger partial charge in [-0.05, 0) is 36.8 Å². The monoisotopic (exact) mass is 433 g/mol. The largest absolute Gasteiger partial charge is 0.495 e. The molecule has 0 radical (unpaired) electrons. The lowest BCUT2D eigenvalue weighted by atomic mass is 10.2. The third-order valence-electron chi connectivity index (χ3n) is 4.38. The highest BCUT2D eigenvalue weighted by atomic mass is 32.2. The number of nitrogens with zero attached hydrogens (tertiary/aromatic N) is 2. The Kier molecular flexibility index (Phi) is 6.51. The number of benzene rings is 2. The third-order valence-corrected chi connectivity index (χ3v) is 7.31. The van der Waals surface area contributed by atoms with Crippen molar-refractivity contribution in [3.05, 3.63) is 53.0 Å². The van der Waals surface area contributed by atoms with Crippen LogP contribution in [0.4, 0.5) is 0 Å². The Morgan fingerprint density at radius 2 is 1.97 bits per heavy atom. The number of thiazole rings is 1. The number of para-hydroxylation sites is 1. The quantitative estimate of drug-likeness (QED) is 0.552. The molecule has 3 aromatic rings. The molecule has 1 heterocycles. The first-order chi connectivity index (χ1) is 13.8. The topological polar surface area (TPSA) is 88.6 Å². The summed E-state index contributed by atoms with van der Waals surface area (Å²) in [5.74, 6) is -0.127. The second-order valence-corrected chi connectivity index (χ2v) is 9.82. The van der Waals surface area contributed by atoms with Crippen molar-refractivity contribution in [2.45, 2.75) is 17.7 Å². The second-order valence-electron chi connectivity index (χ2n) is 6.59. The molecule has 154 valence electrons. The summed E-state index contributed by atoms with van der Waals surface area (Å²) in [5.41, 5.74) is 1.26. The molecule has 29 heavy (non-hydrogen) atoms. The number of amides is 1. The smallest absolute Gasteiger partial charge is 0.251 e. The van der Waals surface area contributed by atoms with Crippen molar-refractivity contribution < 1.29 is 17.9 Å². The van der Waals surface area contributed by atoms with Crippen LogP contribution in [0.1, 0.15) is 21.8 Å². The van der Waals surface area contributed by atoms with E-state index in [4.69, 9.17) is 4.74 Å². The van der Waals surface area contributed by atoms with E-state index in [2.05, 4.69) is 10.3 Å². The molecule has 0 aliphatic heterocycles. The maximum Gasteiger partial charge on any atom is 0.251 e. The number of carbonyl (C=O) groups is 1. The van der Waals surface area contributed by atoms with E-state index in [-0.39, 0.29) is 22.1 Å². The van der Waals surface area contributed by atoms with Gasteiger partial charge in [0.2, 0.25) is 10.0 Å². The van der Waals surface area contributed by atoms with Crippen LogP contribution in [0.3, 0.4) is 0 Å². The normalized spacial score (nSPS) is 11.7. The van der Waals surface area contributed by atoms with Gasteiger partial charge < -0.3 is 10.1 Å². The van der Waals surface area contributed by atoms with Crippen molar-refractivity contribution in [2.75, 3.05) is 27.7 Å². The van der Waals surface area contributed by atoms with Crippen LogP contribution in [0.5, 0.6) is 5.75 Å². The van der Waals surface area contributed by atoms with Gasteiger partial charge in [0, 0.05) is 32.6 Å². The lowest BCUT2D eigenvalue weighted by Crippen LogP contribution is -2.26. The fourth-order valence-electron chi connectivity index (χ4n) is 2.79. The van der Waals surface area contributed by atoms with Gasteiger partial charge in [-0.15, -0.1) is 11.3 Å². The molecular formula is C20H23N3O4S2. The van der Waals surface area contributed by atoms with E-state index in [0.29, 0.717) is 6.54 Å². The highest BCUT2D eigenvalue weighted by Gasteiger charge is 2.23. The maximum atomic E-state index is 12.5. The summed E-state index contributed by atoms with van der Waals surface area (Å²) >= 11 is 1.65. The van der Waals surface area contributed by atoms with E-state index in [1.54, 1.807) is 17.4 Å². The zero-order valence-corrected chi connectivity index (χ0v) is 18.1. The van der Waals surface area contributed by atoms with Gasteiger partial charge in [-0.3, -0.25) is 4.79 Å². The van der Waals surface area contributed by atoms with Gasteiger partial charge in [0.1, 0.15) is 10.6 Å². The first-order valence-corrected chi connectivity index (χ1v) is 11.3. The van der Waals surface area contributed by atoms with Crippen LogP contribution in [0.25, 0.3) is 10.2 Å². The second kappa shape index (κ2) is 8.89. The SMILES string of the molecule is COc1ccc(C(=O)NCCCc2nc3ccccc3s2)cc1S(=O)(=O)N(C)C. The summed E-state index contributed by atoms with van der Waals surface area (Å²) in [6.45, 7) is 0.469. The van der Waals surface area contributed by atoms with Crippen LogP contribution in [-0.2, 0) is 16.4 Å². The van der Waals surface area contributed by atoms with Gasteiger partial charge in [0.05, 0.1) is 22.3 Å². The number of carbonyl (C=O) groups excluding carboxylic acids is 1. The predicted octanol–water partition coefficient (Wildman–Crippen LogP) is 2.92. The van der Waals surface area contributed by atoms with Crippen LogP contribution >= 0.6 is 11.3 Å². The summed E-state index contributed by atoms with van der Waals surface area (Å²) < 4.78 is 32.4. The van der Waals surface area contributed by atoms with Crippen LogP contribution < -0.4 is 10.1 Å². The van der Waals surface area contributed by atoms with Gasteiger partial charge in [-0.25, -0.2) is 17.7 Å². The number of aromatic nitrogens is 1. The molecule has 0 saturated heterocycles. The van der Waals surface area contributed by atoms with E-state index >= 15 is 0 Å². The Morgan fingerprint density at radius 3 is 2.66 bits per heavy atom. The molecule has 0 bridgehead atoms. The number of methoxy groups -OCH3 is 1. The van der Waals surface area contributed by atoms with Crippen LogP contribution in [0.2, 0.25) is 0 Å². The summed E-state index contributed by atoms with van der Waals surface area (Å²) in [6.07, 6.45) is 1.51. The molecule has 0 atom stereocenters. The number of sulfonamides is 1. The van der Waals surface area contributed by atoms with Crippen molar-refractivity contribution in [1.82, 2.24) is 14.6 Å². The minimum atomic E-state index is -3.73. The third kappa shape index (κ3) is 4.75. The molecule has 0 aliphatic carbocycles. The lowest BCUT2D eigenvalue weighted by Gasteiger charge is -2.15. The highest BCUT2D eigenvalue weighted by molar-refractivity contribution is 7.89. The van der Waals surface area contributed by atoms with E-state index < -0.39 is 10.0 Å². The predicted molar refractivity (Wildman–Crippen MR) is 114 cm³/mol. The van der Waals surface area contributed by atoms with Crippen molar-refractivity contribution in [1.29, 1.82) is 0 Å². The minimum absolute atomic E-state index is 0.0351. The van der Waals surface area contributed by atoms with E-state index in [1.165, 1.54) is 33.3 Å². The fourth-order valence-corrected chi connectivity index (χ4v) is 4.87. The molecule has 7 nitrogen and oxygen atoms in total. The number of fused-ring (bicyclic) bond motifs is 1. The standard InChI is InChI=1S/C20H23N3O4S2/c1-23(2)29(25,26)18-13-14(10-11-16(18)27-3)20(24)21-12-6-9-19-22-15-7-4-5-8-17(15)28-19/h4-5,7-8,10-11,13H,6,9,12H2,1-3H3,(H,21,24). The number of hydrogen-bond acceptors (Lipinski definition) is 6. The van der Waals surface area contributed by atoms with Crippen LogP contribution in [-0.4, -0.2) is 51.4 Å². The average Bonchev–Trinajstić information content (AvgIpc) is 3.13. The van der Waals surface area contributed by atoms with Gasteiger partial charge in [0.15, 0.2) is 0 Å². The van der Waals surface area contributed by atoms with Crippen molar-refractivity contribution in [2.24, 2.45) is 0 Å². The first kappa shape index (κ1) is 21.2. The Bertz CT molecular complexity index is 1090. The van der Waals surface area contributed by atoms with Crippen LogP contribution in [0.15, 0.2) is 47.4 Å². The molecular weight excluding hydrogens is 410 g/mol. The number of aryl methyl sites for hydroxylation is 1. The molecule has 0 saturated carbocycles. The molecule has 2 aromatic carbocycles. The Labute approximate surface area is 174 Å². The number of rotatable bonds is 8. The molecule has 0 spiro atoms. The Morgan fingerprint density at radius 1 is 1.21 bits per heavy atom. The van der Waals surface area contributed by atoms with Crippen molar-refractivity contribution >= 4 is 37.5 Å². The number of nitrogens with one attached hydrogen (secondary N) is 1. The average molecular weight is 434 g/mol. The molecule has 1 N–H and O–H groups in total. The van der Waals surface area contributed by atoms with E-state index in [9.17, 15) is 13.2 Å². The van der Waals surface area contributed by atoms with Gasteiger partial charge in [-0.1, -0.05) is 12.1 Å². The van der Waals surface area contributed by atoms with E-state index in [1.807, 2.05) is 24.3 Å². The Balaban J connectivity index is 1.63. The van der Waals surface area contributed by atoms with Gasteiger partial charge in [0.25, 0.3) is 5.91 Å². The fraction of sp³-hybridized carbons (Fsp3) is 0.300.